The number of rotatable bonds is 5. The van der Waals surface area contributed by atoms with Gasteiger partial charge in [0.2, 0.25) is 5.95 Å². The zero-order valence-electron chi connectivity index (χ0n) is 11.4. The van der Waals surface area contributed by atoms with E-state index < -0.39 is 0 Å². The second-order valence-corrected chi connectivity index (χ2v) is 4.98. The summed E-state index contributed by atoms with van der Waals surface area (Å²) in [4.78, 5) is 4.34. The van der Waals surface area contributed by atoms with Crippen LogP contribution in [0.5, 0.6) is 0 Å². The minimum Gasteiger partial charge on any atom is -0.383 e. The van der Waals surface area contributed by atoms with Crippen LogP contribution in [0.2, 0.25) is 5.02 Å². The van der Waals surface area contributed by atoms with Gasteiger partial charge in [0.1, 0.15) is 0 Å². The summed E-state index contributed by atoms with van der Waals surface area (Å²) >= 11 is 6.02. The summed E-state index contributed by atoms with van der Waals surface area (Å²) in [6.45, 7) is 4.76. The Hall–Kier alpha value is -1.52. The van der Waals surface area contributed by atoms with Crippen molar-refractivity contribution < 1.29 is 4.74 Å². The Labute approximate surface area is 118 Å². The average molecular weight is 280 g/mol. The molecule has 2 aromatic rings. The van der Waals surface area contributed by atoms with Crippen molar-refractivity contribution in [1.82, 2.24) is 9.55 Å². The van der Waals surface area contributed by atoms with Crippen molar-refractivity contribution in [3.8, 4) is 0 Å². The number of imidazole rings is 1. The summed E-state index contributed by atoms with van der Waals surface area (Å²) in [5.41, 5.74) is 2.09. The number of methoxy groups -OCH3 is 1. The van der Waals surface area contributed by atoms with Crippen LogP contribution in [0.15, 0.2) is 30.6 Å². The molecule has 19 heavy (non-hydrogen) atoms. The van der Waals surface area contributed by atoms with E-state index in [1.54, 1.807) is 13.3 Å². The number of hydrogen-bond acceptors (Lipinski definition) is 3. The van der Waals surface area contributed by atoms with E-state index >= 15 is 0 Å². The quantitative estimate of drug-likeness (QED) is 0.905. The lowest BCUT2D eigenvalue weighted by Crippen LogP contribution is -2.13. The largest absolute Gasteiger partial charge is 0.383 e. The Morgan fingerprint density at radius 2 is 2.26 bits per heavy atom. The molecule has 0 radical (unpaired) electrons. The summed E-state index contributed by atoms with van der Waals surface area (Å²) in [6.07, 6.45) is 3.71. The van der Waals surface area contributed by atoms with E-state index in [2.05, 4.69) is 17.2 Å². The molecular weight excluding hydrogens is 262 g/mol. The number of aromatic nitrogens is 2. The van der Waals surface area contributed by atoms with Gasteiger partial charge in [-0.2, -0.15) is 0 Å². The molecule has 1 aromatic carbocycles. The van der Waals surface area contributed by atoms with Gasteiger partial charge >= 0.3 is 0 Å². The van der Waals surface area contributed by atoms with Gasteiger partial charge < -0.3 is 14.6 Å². The van der Waals surface area contributed by atoms with E-state index in [1.807, 2.05) is 35.9 Å². The standard InChI is InChI=1S/C14H18ClN3O/c1-10-4-5-12(15)8-13(10)17-14-16-6-7-18(14)11(2)9-19-3/h4-8,11H,9H2,1-3H3,(H,16,17). The molecule has 0 aliphatic rings. The predicted molar refractivity (Wildman–Crippen MR) is 78.3 cm³/mol. The van der Waals surface area contributed by atoms with Gasteiger partial charge in [0.05, 0.1) is 12.6 Å². The second-order valence-electron chi connectivity index (χ2n) is 4.55. The minimum atomic E-state index is 0.217. The van der Waals surface area contributed by atoms with E-state index in [1.165, 1.54) is 0 Å². The van der Waals surface area contributed by atoms with Crippen LogP contribution in [0.3, 0.4) is 0 Å². The van der Waals surface area contributed by atoms with Crippen LogP contribution < -0.4 is 5.32 Å². The number of aryl methyl sites for hydroxylation is 1. The summed E-state index contributed by atoms with van der Waals surface area (Å²) in [5.74, 6) is 0.787. The molecule has 1 N–H and O–H groups in total. The van der Waals surface area contributed by atoms with Gasteiger partial charge in [-0.3, -0.25) is 0 Å². The van der Waals surface area contributed by atoms with Crippen molar-refractivity contribution in [2.75, 3.05) is 19.0 Å². The lowest BCUT2D eigenvalue weighted by atomic mass is 10.2. The first-order valence-electron chi connectivity index (χ1n) is 6.16. The molecule has 0 saturated carbocycles. The van der Waals surface area contributed by atoms with Crippen LogP contribution >= 0.6 is 11.6 Å². The van der Waals surface area contributed by atoms with Crippen molar-refractivity contribution >= 4 is 23.2 Å². The molecule has 0 fully saturated rings. The number of anilines is 2. The topological polar surface area (TPSA) is 39.1 Å². The van der Waals surface area contributed by atoms with Crippen LogP contribution in [-0.2, 0) is 4.74 Å². The predicted octanol–water partition coefficient (Wildman–Crippen LogP) is 3.80. The fraction of sp³-hybridized carbons (Fsp3) is 0.357. The maximum atomic E-state index is 6.02. The summed E-state index contributed by atoms with van der Waals surface area (Å²) < 4.78 is 7.22. The Morgan fingerprint density at radius 3 is 3.00 bits per heavy atom. The van der Waals surface area contributed by atoms with Crippen molar-refractivity contribution in [2.45, 2.75) is 19.9 Å². The van der Waals surface area contributed by atoms with Gasteiger partial charge in [0.25, 0.3) is 0 Å². The molecular formula is C14H18ClN3O. The maximum Gasteiger partial charge on any atom is 0.207 e. The summed E-state index contributed by atoms with van der Waals surface area (Å²) in [7, 11) is 1.70. The first-order valence-corrected chi connectivity index (χ1v) is 6.54. The highest BCUT2D eigenvalue weighted by atomic mass is 35.5. The SMILES string of the molecule is COCC(C)n1ccnc1Nc1cc(Cl)ccc1C. The van der Waals surface area contributed by atoms with Gasteiger partial charge in [-0.1, -0.05) is 17.7 Å². The molecule has 0 amide bonds. The molecule has 0 bridgehead atoms. The number of nitrogens with zero attached hydrogens (tertiary/aromatic N) is 2. The highest BCUT2D eigenvalue weighted by Crippen LogP contribution is 2.24. The summed E-state index contributed by atoms with van der Waals surface area (Å²) in [6, 6.07) is 5.98. The zero-order valence-corrected chi connectivity index (χ0v) is 12.1. The van der Waals surface area contributed by atoms with Gasteiger partial charge in [-0.15, -0.1) is 0 Å². The van der Waals surface area contributed by atoms with Crippen LogP contribution in [0, 0.1) is 6.92 Å². The van der Waals surface area contributed by atoms with Crippen molar-refractivity contribution in [3.05, 3.63) is 41.2 Å². The highest BCUT2D eigenvalue weighted by Gasteiger charge is 2.10. The van der Waals surface area contributed by atoms with E-state index in [0.717, 1.165) is 17.2 Å². The fourth-order valence-corrected chi connectivity index (χ4v) is 2.11. The number of nitrogens with one attached hydrogen (secondary N) is 1. The lowest BCUT2D eigenvalue weighted by Gasteiger charge is -2.17. The number of halogens is 1. The van der Waals surface area contributed by atoms with E-state index in [4.69, 9.17) is 16.3 Å². The third-order valence-electron chi connectivity index (χ3n) is 3.00. The monoisotopic (exact) mass is 279 g/mol. The highest BCUT2D eigenvalue weighted by molar-refractivity contribution is 6.30. The van der Waals surface area contributed by atoms with Crippen LogP contribution in [0.1, 0.15) is 18.5 Å². The minimum absolute atomic E-state index is 0.217. The first-order chi connectivity index (χ1) is 9.11. The molecule has 0 aliphatic carbocycles. The first kappa shape index (κ1) is 13.9. The molecule has 4 nitrogen and oxygen atoms in total. The Kier molecular flexibility index (Phi) is 4.45. The third kappa shape index (κ3) is 3.28. The van der Waals surface area contributed by atoms with Gasteiger partial charge in [-0.25, -0.2) is 4.98 Å². The van der Waals surface area contributed by atoms with Crippen molar-refractivity contribution in [1.29, 1.82) is 0 Å². The second kappa shape index (κ2) is 6.08. The number of benzene rings is 1. The number of ether oxygens (including phenoxy) is 1. The Bertz CT molecular complexity index is 553. The molecule has 1 atom stereocenters. The average Bonchev–Trinajstić information content (AvgIpc) is 2.82. The van der Waals surface area contributed by atoms with Crippen molar-refractivity contribution in [3.63, 3.8) is 0 Å². The molecule has 1 aromatic heterocycles. The molecule has 0 spiro atoms. The zero-order chi connectivity index (χ0) is 13.8. The lowest BCUT2D eigenvalue weighted by molar-refractivity contribution is 0.163. The normalized spacial score (nSPS) is 12.4. The van der Waals surface area contributed by atoms with Crippen LogP contribution in [0.25, 0.3) is 0 Å². The smallest absolute Gasteiger partial charge is 0.207 e. The van der Waals surface area contributed by atoms with Crippen molar-refractivity contribution in [2.24, 2.45) is 0 Å². The molecule has 0 aliphatic heterocycles. The maximum absolute atomic E-state index is 6.02. The molecule has 5 heteroatoms. The molecule has 2 rings (SSSR count). The molecule has 102 valence electrons. The molecule has 1 heterocycles. The van der Waals surface area contributed by atoms with Gasteiger partial charge in [0, 0.05) is 30.2 Å². The van der Waals surface area contributed by atoms with E-state index in [0.29, 0.717) is 11.6 Å². The molecule has 1 unspecified atom stereocenters. The van der Waals surface area contributed by atoms with Crippen LogP contribution in [-0.4, -0.2) is 23.3 Å². The van der Waals surface area contributed by atoms with Gasteiger partial charge in [-0.05, 0) is 31.5 Å². The Morgan fingerprint density at radius 1 is 1.47 bits per heavy atom. The third-order valence-corrected chi connectivity index (χ3v) is 3.23. The van der Waals surface area contributed by atoms with Crippen LogP contribution in [0.4, 0.5) is 11.6 Å². The Balaban J connectivity index is 2.24. The summed E-state index contributed by atoms with van der Waals surface area (Å²) in [5, 5.41) is 4.02. The van der Waals surface area contributed by atoms with E-state index in [9.17, 15) is 0 Å². The number of hydrogen-bond donors (Lipinski definition) is 1. The van der Waals surface area contributed by atoms with E-state index in [-0.39, 0.29) is 6.04 Å². The molecule has 0 saturated heterocycles. The van der Waals surface area contributed by atoms with Gasteiger partial charge in [0.15, 0.2) is 0 Å². The fourth-order valence-electron chi connectivity index (χ4n) is 1.94.